The molecule has 3 aromatic carbocycles. The molecule has 4 nitrogen and oxygen atoms in total. The molecule has 0 spiro atoms. The van der Waals surface area contributed by atoms with E-state index in [9.17, 15) is 9.59 Å². The second kappa shape index (κ2) is 6.38. The monoisotopic (exact) mass is 318 g/mol. The van der Waals surface area contributed by atoms with E-state index in [2.05, 4.69) is 0 Å². The summed E-state index contributed by atoms with van der Waals surface area (Å²) in [5.74, 6) is -2.03. The highest BCUT2D eigenvalue weighted by Crippen LogP contribution is 2.29. The van der Waals surface area contributed by atoms with Gasteiger partial charge in [-0.3, -0.25) is 0 Å². The molecule has 0 amide bonds. The average Bonchev–Trinajstić information content (AvgIpc) is 2.56. The predicted molar refractivity (Wildman–Crippen MR) is 94.8 cm³/mol. The lowest BCUT2D eigenvalue weighted by Gasteiger charge is -2.09. The molecule has 24 heavy (non-hydrogen) atoms. The smallest absolute Gasteiger partial charge is 0.328 e. The Hall–Kier alpha value is -3.40. The van der Waals surface area contributed by atoms with Gasteiger partial charge in [-0.25, -0.2) is 9.59 Å². The third-order valence-corrected chi connectivity index (χ3v) is 3.76. The lowest BCUT2D eigenvalue weighted by atomic mass is 9.95. The van der Waals surface area contributed by atoms with E-state index in [1.165, 1.54) is 0 Å². The highest BCUT2D eigenvalue weighted by molar-refractivity contribution is 6.06. The molecule has 4 heteroatoms. The van der Waals surface area contributed by atoms with E-state index < -0.39 is 11.9 Å². The molecule has 3 aromatic rings. The van der Waals surface area contributed by atoms with Crippen LogP contribution in [0.5, 0.6) is 0 Å². The van der Waals surface area contributed by atoms with Gasteiger partial charge < -0.3 is 10.2 Å². The van der Waals surface area contributed by atoms with Crippen molar-refractivity contribution >= 4 is 45.6 Å². The highest BCUT2D eigenvalue weighted by Gasteiger charge is 2.06. The van der Waals surface area contributed by atoms with Crippen molar-refractivity contribution in [2.75, 3.05) is 0 Å². The van der Waals surface area contributed by atoms with Crippen LogP contribution in [0.4, 0.5) is 0 Å². The van der Waals surface area contributed by atoms with E-state index in [1.54, 1.807) is 24.3 Å². The van der Waals surface area contributed by atoms with Crippen LogP contribution in [-0.2, 0) is 9.59 Å². The standard InChI is InChI=1S/C20H14O4/c21-19(22)9-7-13-5-6-14(8-10-20(23)24)18-12-16-4-2-1-3-15(16)11-17(13)18/h1-12H,(H,21,22)(H,23,24). The van der Waals surface area contributed by atoms with Gasteiger partial charge in [-0.05, 0) is 57.0 Å². The number of aliphatic carboxylic acids is 2. The van der Waals surface area contributed by atoms with Crippen LogP contribution in [0, 0.1) is 0 Å². The first-order valence-corrected chi connectivity index (χ1v) is 7.32. The number of hydrogen-bond donors (Lipinski definition) is 2. The van der Waals surface area contributed by atoms with E-state index in [1.807, 2.05) is 36.4 Å². The van der Waals surface area contributed by atoms with E-state index in [4.69, 9.17) is 10.2 Å². The SMILES string of the molecule is O=C(O)C=Cc1ccc(C=CC(=O)O)c2cc3ccccc3cc12. The molecule has 0 heterocycles. The van der Waals surface area contributed by atoms with Gasteiger partial charge >= 0.3 is 11.9 Å². The van der Waals surface area contributed by atoms with Crippen molar-refractivity contribution in [3.63, 3.8) is 0 Å². The summed E-state index contributed by atoms with van der Waals surface area (Å²) in [5, 5.41) is 21.5. The number of carboxylic acid groups (broad SMARTS) is 2. The minimum atomic E-state index is -1.02. The fourth-order valence-corrected chi connectivity index (χ4v) is 2.69. The molecule has 3 rings (SSSR count). The maximum Gasteiger partial charge on any atom is 0.328 e. The fraction of sp³-hybridized carbons (Fsp3) is 0. The van der Waals surface area contributed by atoms with Gasteiger partial charge in [0.2, 0.25) is 0 Å². The van der Waals surface area contributed by atoms with Gasteiger partial charge in [0, 0.05) is 12.2 Å². The second-order valence-corrected chi connectivity index (χ2v) is 5.33. The zero-order valence-corrected chi connectivity index (χ0v) is 12.6. The number of rotatable bonds is 4. The molecule has 0 fully saturated rings. The molecule has 0 aliphatic carbocycles. The van der Waals surface area contributed by atoms with Gasteiger partial charge in [0.15, 0.2) is 0 Å². The van der Waals surface area contributed by atoms with Crippen molar-refractivity contribution in [3.05, 3.63) is 71.8 Å². The largest absolute Gasteiger partial charge is 0.478 e. The first-order valence-electron chi connectivity index (χ1n) is 7.32. The van der Waals surface area contributed by atoms with Gasteiger partial charge in [0.05, 0.1) is 0 Å². The highest BCUT2D eigenvalue weighted by atomic mass is 16.4. The summed E-state index contributed by atoms with van der Waals surface area (Å²) in [7, 11) is 0. The lowest BCUT2D eigenvalue weighted by molar-refractivity contribution is -0.132. The molecular weight excluding hydrogens is 304 g/mol. The van der Waals surface area contributed by atoms with E-state index >= 15 is 0 Å². The topological polar surface area (TPSA) is 74.6 Å². The van der Waals surface area contributed by atoms with Gasteiger partial charge in [-0.2, -0.15) is 0 Å². The molecule has 0 aromatic heterocycles. The summed E-state index contributed by atoms with van der Waals surface area (Å²) in [4.78, 5) is 21.6. The molecular formula is C20H14O4. The lowest BCUT2D eigenvalue weighted by Crippen LogP contribution is -1.89. The first kappa shape index (κ1) is 15.5. The summed E-state index contributed by atoms with van der Waals surface area (Å²) < 4.78 is 0. The Balaban J connectivity index is 2.31. The van der Waals surface area contributed by atoms with Crippen molar-refractivity contribution in [3.8, 4) is 0 Å². The van der Waals surface area contributed by atoms with E-state index in [0.29, 0.717) is 0 Å². The minimum absolute atomic E-state index is 0.769. The van der Waals surface area contributed by atoms with Crippen LogP contribution in [0.3, 0.4) is 0 Å². The number of hydrogen-bond acceptors (Lipinski definition) is 2. The molecule has 0 bridgehead atoms. The fourth-order valence-electron chi connectivity index (χ4n) is 2.69. The molecule has 0 atom stereocenters. The molecule has 0 aliphatic heterocycles. The van der Waals surface area contributed by atoms with Crippen LogP contribution >= 0.6 is 0 Å². The van der Waals surface area contributed by atoms with Crippen LogP contribution in [0.25, 0.3) is 33.7 Å². The molecule has 0 aliphatic rings. The number of benzene rings is 3. The zero-order valence-electron chi connectivity index (χ0n) is 12.6. The summed E-state index contributed by atoms with van der Waals surface area (Å²) in [5.41, 5.74) is 1.54. The van der Waals surface area contributed by atoms with Crippen molar-refractivity contribution in [1.82, 2.24) is 0 Å². The van der Waals surface area contributed by atoms with Crippen LogP contribution in [0.1, 0.15) is 11.1 Å². The van der Waals surface area contributed by atoms with Crippen LogP contribution in [0.2, 0.25) is 0 Å². The van der Waals surface area contributed by atoms with E-state index in [-0.39, 0.29) is 0 Å². The Morgan fingerprint density at radius 3 is 1.50 bits per heavy atom. The average molecular weight is 318 g/mol. The maximum absolute atomic E-state index is 10.8. The Morgan fingerprint density at radius 2 is 1.12 bits per heavy atom. The minimum Gasteiger partial charge on any atom is -0.478 e. The number of carboxylic acids is 2. The van der Waals surface area contributed by atoms with Crippen molar-refractivity contribution in [2.24, 2.45) is 0 Å². The Kier molecular flexibility index (Phi) is 4.12. The van der Waals surface area contributed by atoms with Gasteiger partial charge in [0.25, 0.3) is 0 Å². The van der Waals surface area contributed by atoms with Crippen molar-refractivity contribution in [1.29, 1.82) is 0 Å². The maximum atomic E-state index is 10.8. The van der Waals surface area contributed by atoms with Gasteiger partial charge in [-0.15, -0.1) is 0 Å². The van der Waals surface area contributed by atoms with Crippen molar-refractivity contribution in [2.45, 2.75) is 0 Å². The molecule has 118 valence electrons. The molecule has 2 N–H and O–H groups in total. The van der Waals surface area contributed by atoms with Crippen LogP contribution in [-0.4, -0.2) is 22.2 Å². The number of carbonyl (C=O) groups is 2. The molecule has 0 saturated carbocycles. The summed E-state index contributed by atoms with van der Waals surface area (Å²) in [6, 6.07) is 15.4. The quantitative estimate of drug-likeness (QED) is 0.559. The van der Waals surface area contributed by atoms with Crippen LogP contribution < -0.4 is 0 Å². The Labute approximate surface area is 138 Å². The molecule has 0 saturated heterocycles. The Morgan fingerprint density at radius 1 is 0.708 bits per heavy atom. The van der Waals surface area contributed by atoms with Crippen LogP contribution in [0.15, 0.2) is 60.7 Å². The summed E-state index contributed by atoms with van der Waals surface area (Å²) in [6.07, 6.45) is 5.28. The molecule has 0 unspecified atom stereocenters. The van der Waals surface area contributed by atoms with Crippen molar-refractivity contribution < 1.29 is 19.8 Å². The summed E-state index contributed by atoms with van der Waals surface area (Å²) in [6.45, 7) is 0. The normalized spacial score (nSPS) is 11.7. The first-order chi connectivity index (χ1) is 11.5. The third kappa shape index (κ3) is 3.17. The number of fused-ring (bicyclic) bond motifs is 2. The zero-order chi connectivity index (χ0) is 17.1. The predicted octanol–water partition coefficient (Wildman–Crippen LogP) is 4.19. The van der Waals surface area contributed by atoms with E-state index in [0.717, 1.165) is 44.8 Å². The molecule has 0 radical (unpaired) electrons. The second-order valence-electron chi connectivity index (χ2n) is 5.33. The summed E-state index contributed by atoms with van der Waals surface area (Å²) >= 11 is 0. The third-order valence-electron chi connectivity index (χ3n) is 3.76. The Bertz CT molecular complexity index is 931. The van der Waals surface area contributed by atoms with Gasteiger partial charge in [0.1, 0.15) is 0 Å². The van der Waals surface area contributed by atoms with Gasteiger partial charge in [-0.1, -0.05) is 36.4 Å².